The summed E-state index contributed by atoms with van der Waals surface area (Å²) in [6.45, 7) is 0. The van der Waals surface area contributed by atoms with E-state index in [-0.39, 0.29) is 32.7 Å². The third-order valence-electron chi connectivity index (χ3n) is 0.0632. The van der Waals surface area contributed by atoms with Gasteiger partial charge in [0.15, 0.2) is 0 Å². The maximum Gasteiger partial charge on any atom is 3.00 e. The topological polar surface area (TPSA) is 48.8 Å². The number of nitrogens with zero attached hydrogens (tertiary/aromatic N) is 3. The Morgan fingerprint density at radius 2 is 2.00 bits per heavy atom. The van der Waals surface area contributed by atoms with E-state index in [1.54, 1.807) is 0 Å². The Hall–Kier alpha value is 0.284. The van der Waals surface area contributed by atoms with Crippen molar-refractivity contribution < 1.29 is 32.7 Å². The van der Waals surface area contributed by atoms with E-state index in [2.05, 4.69) is 17.1 Å². The molecule has 0 aliphatic rings. The van der Waals surface area contributed by atoms with Crippen molar-refractivity contribution in [2.24, 2.45) is 5.11 Å². The standard InChI is InChI=1S/CH2N3.Y/c1-3-4-2;/h1H2;/q-1;+3. The van der Waals surface area contributed by atoms with E-state index in [1.165, 1.54) is 0 Å². The quantitative estimate of drug-likeness (QED) is 0.212. The molecule has 0 aromatic heterocycles. The van der Waals surface area contributed by atoms with Crippen LogP contribution in [-0.2, 0) is 32.7 Å². The van der Waals surface area contributed by atoms with Crippen molar-refractivity contribution in [1.29, 1.82) is 0 Å². The van der Waals surface area contributed by atoms with E-state index >= 15 is 0 Å². The van der Waals surface area contributed by atoms with Gasteiger partial charge in [-0.25, -0.2) is 0 Å². The van der Waals surface area contributed by atoms with Crippen LogP contribution < -0.4 is 0 Å². The minimum atomic E-state index is 0. The van der Waals surface area contributed by atoms with Gasteiger partial charge in [-0.05, 0) is 10.4 Å². The molecule has 0 fully saturated rings. The van der Waals surface area contributed by atoms with Crippen molar-refractivity contribution in [3.63, 3.8) is 0 Å². The molecule has 0 aliphatic carbocycles. The molecule has 0 N–H and O–H groups in total. The summed E-state index contributed by atoms with van der Waals surface area (Å²) < 4.78 is 0. The smallest absolute Gasteiger partial charge is 0.331 e. The van der Waals surface area contributed by atoms with E-state index < -0.39 is 0 Å². The van der Waals surface area contributed by atoms with E-state index in [9.17, 15) is 0 Å². The first-order valence-electron chi connectivity index (χ1n) is 0.716. The molecule has 5 heavy (non-hydrogen) atoms. The molecule has 0 saturated carbocycles. The summed E-state index contributed by atoms with van der Waals surface area (Å²) in [5, 5.41) is 2.67. The summed E-state index contributed by atoms with van der Waals surface area (Å²) in [4.78, 5) is 2.25. The third-order valence-corrected chi connectivity index (χ3v) is 0.0632. The predicted molar refractivity (Wildman–Crippen MR) is 14.5 cm³/mol. The molecule has 3 nitrogen and oxygen atoms in total. The average molecular weight is 145 g/mol. The second-order valence-corrected chi connectivity index (χ2v) is 0.231. The fourth-order valence-electron chi connectivity index (χ4n) is 0. The second-order valence-electron chi connectivity index (χ2n) is 0.231. The molecule has 0 radical (unpaired) electrons. The number of rotatable bonds is 0. The molecule has 0 amide bonds. The Balaban J connectivity index is 0. The minimum Gasteiger partial charge on any atom is -0.331 e. The van der Waals surface area contributed by atoms with Gasteiger partial charge in [0.2, 0.25) is 0 Å². The maximum atomic E-state index is 7.27. The van der Waals surface area contributed by atoms with Gasteiger partial charge in [-0.3, -0.25) is 5.11 Å². The molecule has 0 aromatic rings. The second kappa shape index (κ2) is 8.86. The molecule has 0 heterocycles. The summed E-state index contributed by atoms with van der Waals surface area (Å²) in [6.07, 6.45) is 0. The zero-order valence-corrected chi connectivity index (χ0v) is 5.46. The first-order valence-corrected chi connectivity index (χ1v) is 0.716. The van der Waals surface area contributed by atoms with Crippen LogP contribution in [0.3, 0.4) is 0 Å². The molecule has 0 saturated heterocycles. The fraction of sp³-hybridized carbons (Fsp3) is 0. The molecule has 0 bridgehead atoms. The van der Waals surface area contributed by atoms with Crippen LogP contribution in [-0.4, -0.2) is 0 Å². The van der Waals surface area contributed by atoms with E-state index in [0.29, 0.717) is 0 Å². The molecule has 0 aromatic carbocycles. The van der Waals surface area contributed by atoms with Gasteiger partial charge in [-0.1, -0.05) is 0 Å². The summed E-state index contributed by atoms with van der Waals surface area (Å²) in [6, 6.07) is 0. The molecular weight excluding hydrogens is 143 g/mol. The molecule has 0 unspecified atom stereocenters. The summed E-state index contributed by atoms with van der Waals surface area (Å²) in [7, 11) is 2.81. The van der Waals surface area contributed by atoms with Crippen molar-refractivity contribution in [3.05, 3.63) is 17.5 Å². The van der Waals surface area contributed by atoms with Gasteiger partial charge in [-0.15, -0.1) is 0 Å². The SMILES string of the molecule is [CH2-]N=[N+]=[N-].[Y+3]. The molecule has 0 rings (SSSR count). The first kappa shape index (κ1) is 8.99. The molecule has 22 valence electrons. The monoisotopic (exact) mass is 145 g/mol. The molecular formula is CH2N3Y+2. The van der Waals surface area contributed by atoms with E-state index in [0.717, 1.165) is 0 Å². The zero-order valence-electron chi connectivity index (χ0n) is 2.63. The van der Waals surface area contributed by atoms with E-state index in [1.807, 2.05) is 0 Å². The van der Waals surface area contributed by atoms with Gasteiger partial charge in [0, 0.05) is 0 Å². The Kier molecular flexibility index (Phi) is 15.9. The molecule has 4 heteroatoms. The van der Waals surface area contributed by atoms with Gasteiger partial charge in [0.25, 0.3) is 0 Å². The summed E-state index contributed by atoms with van der Waals surface area (Å²) >= 11 is 0. The zero-order chi connectivity index (χ0) is 3.41. The first-order chi connectivity index (χ1) is 1.91. The number of hydrogen-bond donors (Lipinski definition) is 0. The van der Waals surface area contributed by atoms with Crippen LogP contribution in [0.5, 0.6) is 0 Å². The van der Waals surface area contributed by atoms with Crippen LogP contribution >= 0.6 is 0 Å². The van der Waals surface area contributed by atoms with Crippen molar-refractivity contribution in [2.75, 3.05) is 0 Å². The van der Waals surface area contributed by atoms with Crippen LogP contribution in [0.4, 0.5) is 0 Å². The predicted octanol–water partition coefficient (Wildman–Crippen LogP) is 1.09. The number of hydrogen-bond acceptors (Lipinski definition) is 1. The molecule has 0 spiro atoms. The van der Waals surface area contributed by atoms with Gasteiger partial charge in [-0.2, -0.15) is 0 Å². The van der Waals surface area contributed by atoms with Crippen LogP contribution in [0.1, 0.15) is 0 Å². The normalized spacial score (nSPS) is 3.20. The summed E-state index contributed by atoms with van der Waals surface area (Å²) in [5.41, 5.74) is 7.27. The van der Waals surface area contributed by atoms with Gasteiger partial charge in [0.1, 0.15) is 0 Å². The average Bonchev–Trinajstić information content (AvgIpc) is 1.37. The molecule has 0 aliphatic heterocycles. The Morgan fingerprint density at radius 1 is 1.80 bits per heavy atom. The van der Waals surface area contributed by atoms with Crippen molar-refractivity contribution >= 4 is 0 Å². The Labute approximate surface area is 55.3 Å². The van der Waals surface area contributed by atoms with Crippen molar-refractivity contribution in [1.82, 2.24) is 0 Å². The van der Waals surface area contributed by atoms with Crippen molar-refractivity contribution in [2.45, 2.75) is 0 Å². The Bertz CT molecular complexity index is 44.9. The molecule has 0 atom stereocenters. The van der Waals surface area contributed by atoms with Gasteiger partial charge >= 0.3 is 32.7 Å². The van der Waals surface area contributed by atoms with Crippen LogP contribution in [0.15, 0.2) is 5.11 Å². The van der Waals surface area contributed by atoms with E-state index in [4.69, 9.17) is 5.53 Å². The third kappa shape index (κ3) is 13.6. The number of azide groups is 1. The maximum absolute atomic E-state index is 7.27. The van der Waals surface area contributed by atoms with Gasteiger partial charge < -0.3 is 7.05 Å². The Morgan fingerprint density at radius 3 is 2.00 bits per heavy atom. The van der Waals surface area contributed by atoms with Gasteiger partial charge in [0.05, 0.1) is 0 Å². The minimum absolute atomic E-state index is 0. The van der Waals surface area contributed by atoms with Crippen LogP contribution in [0, 0.1) is 7.05 Å². The summed E-state index contributed by atoms with van der Waals surface area (Å²) in [5.74, 6) is 0. The van der Waals surface area contributed by atoms with Crippen LogP contribution in [0.25, 0.3) is 10.4 Å². The van der Waals surface area contributed by atoms with Crippen LogP contribution in [0.2, 0.25) is 0 Å². The van der Waals surface area contributed by atoms with Crippen molar-refractivity contribution in [3.8, 4) is 0 Å². The largest absolute Gasteiger partial charge is 3.00 e. The fourth-order valence-corrected chi connectivity index (χ4v) is 0.